The molecule has 2 aromatic rings. The molecular weight excluding hydrogens is 332 g/mol. The van der Waals surface area contributed by atoms with E-state index in [0.29, 0.717) is 24.0 Å². The third-order valence-corrected chi connectivity index (χ3v) is 3.57. The van der Waals surface area contributed by atoms with Crippen molar-refractivity contribution in [1.29, 1.82) is 5.26 Å². The van der Waals surface area contributed by atoms with Gasteiger partial charge < -0.3 is 13.9 Å². The summed E-state index contributed by atoms with van der Waals surface area (Å²) in [5.41, 5.74) is 3.73. The largest absolute Gasteiger partial charge is 0.493 e. The van der Waals surface area contributed by atoms with E-state index < -0.39 is 0 Å². The molecule has 7 nitrogen and oxygen atoms in total. The Morgan fingerprint density at radius 2 is 2.19 bits per heavy atom. The van der Waals surface area contributed by atoms with Crippen LogP contribution < -0.4 is 14.9 Å². The van der Waals surface area contributed by atoms with Crippen molar-refractivity contribution in [1.82, 2.24) is 4.98 Å². The molecule has 0 aliphatic rings. The Hall–Kier alpha value is -3.01. The van der Waals surface area contributed by atoms with Gasteiger partial charge in [0.25, 0.3) is 5.88 Å². The summed E-state index contributed by atoms with van der Waals surface area (Å²) in [6.45, 7) is 6.65. The summed E-state index contributed by atoms with van der Waals surface area (Å²) in [4.78, 5) is 4.13. The molecule has 0 saturated heterocycles. The normalized spacial score (nSPS) is 10.9. The predicted octanol–water partition coefficient (Wildman–Crippen LogP) is 4.30. The Bertz CT molecular complexity index is 791. The van der Waals surface area contributed by atoms with Crippen LogP contribution in [0.2, 0.25) is 0 Å². The van der Waals surface area contributed by atoms with Crippen molar-refractivity contribution in [3.05, 3.63) is 35.3 Å². The van der Waals surface area contributed by atoms with Crippen LogP contribution in [0.5, 0.6) is 11.5 Å². The lowest BCUT2D eigenvalue weighted by atomic mass is 10.2. The fourth-order valence-corrected chi connectivity index (χ4v) is 2.11. The van der Waals surface area contributed by atoms with E-state index >= 15 is 0 Å². The molecule has 0 amide bonds. The number of nitrogens with zero attached hydrogens (tertiary/aromatic N) is 3. The number of benzene rings is 1. The van der Waals surface area contributed by atoms with Crippen LogP contribution in [0, 0.1) is 11.3 Å². The first-order valence-electron chi connectivity index (χ1n) is 8.59. The van der Waals surface area contributed by atoms with Gasteiger partial charge in [0, 0.05) is 5.92 Å². The highest BCUT2D eigenvalue weighted by molar-refractivity contribution is 5.81. The molecule has 0 bridgehead atoms. The minimum absolute atomic E-state index is 0.0890. The molecule has 1 heterocycles. The highest BCUT2D eigenvalue weighted by atomic mass is 16.5. The SMILES string of the molecule is CCCCOc1ccc(C=NNc2oc(C(C)C)nc2C#N)cc1OC. The van der Waals surface area contributed by atoms with Crippen molar-refractivity contribution < 1.29 is 13.9 Å². The second-order valence-electron chi connectivity index (χ2n) is 5.98. The number of anilines is 1. The van der Waals surface area contributed by atoms with Gasteiger partial charge in [-0.2, -0.15) is 10.4 Å². The highest BCUT2D eigenvalue weighted by Crippen LogP contribution is 2.28. The van der Waals surface area contributed by atoms with Crippen molar-refractivity contribution in [2.45, 2.75) is 39.5 Å². The van der Waals surface area contributed by atoms with Crippen molar-refractivity contribution in [3.8, 4) is 17.6 Å². The molecule has 1 N–H and O–H groups in total. The first-order valence-corrected chi connectivity index (χ1v) is 8.59. The molecule has 1 aromatic carbocycles. The van der Waals surface area contributed by atoms with Gasteiger partial charge in [-0.15, -0.1) is 0 Å². The fourth-order valence-electron chi connectivity index (χ4n) is 2.11. The topological polar surface area (TPSA) is 92.7 Å². The zero-order chi connectivity index (χ0) is 18.9. The van der Waals surface area contributed by atoms with Crippen LogP contribution in [0.4, 0.5) is 5.88 Å². The number of nitrogens with one attached hydrogen (secondary N) is 1. The maximum atomic E-state index is 9.12. The number of nitriles is 1. The summed E-state index contributed by atoms with van der Waals surface area (Å²) in [5, 5.41) is 13.2. The molecule has 0 radical (unpaired) electrons. The molecule has 0 atom stereocenters. The molecule has 138 valence electrons. The summed E-state index contributed by atoms with van der Waals surface area (Å²) in [6.07, 6.45) is 3.67. The third kappa shape index (κ3) is 4.99. The number of rotatable bonds is 9. The first-order chi connectivity index (χ1) is 12.6. The third-order valence-electron chi connectivity index (χ3n) is 3.57. The Morgan fingerprint density at radius 1 is 1.38 bits per heavy atom. The van der Waals surface area contributed by atoms with Gasteiger partial charge in [0.15, 0.2) is 11.5 Å². The van der Waals surface area contributed by atoms with Crippen LogP contribution in [-0.2, 0) is 0 Å². The second-order valence-corrected chi connectivity index (χ2v) is 5.98. The van der Waals surface area contributed by atoms with E-state index in [4.69, 9.17) is 19.2 Å². The Morgan fingerprint density at radius 3 is 2.85 bits per heavy atom. The van der Waals surface area contributed by atoms with Crippen LogP contribution in [0.1, 0.15) is 56.7 Å². The molecule has 0 aliphatic carbocycles. The zero-order valence-corrected chi connectivity index (χ0v) is 15.6. The number of hydrogen-bond donors (Lipinski definition) is 1. The summed E-state index contributed by atoms with van der Waals surface area (Å²) < 4.78 is 16.6. The molecule has 0 saturated carbocycles. The lowest BCUT2D eigenvalue weighted by Gasteiger charge is -2.10. The molecular formula is C19H24N4O3. The van der Waals surface area contributed by atoms with Crippen molar-refractivity contribution in [2.75, 3.05) is 19.1 Å². The van der Waals surface area contributed by atoms with Crippen molar-refractivity contribution in [2.24, 2.45) is 5.10 Å². The maximum Gasteiger partial charge on any atom is 0.252 e. The summed E-state index contributed by atoms with van der Waals surface area (Å²) >= 11 is 0. The molecule has 7 heteroatoms. The van der Waals surface area contributed by atoms with Crippen LogP contribution in [0.3, 0.4) is 0 Å². The summed E-state index contributed by atoms with van der Waals surface area (Å²) in [6, 6.07) is 7.55. The van der Waals surface area contributed by atoms with Gasteiger partial charge in [-0.1, -0.05) is 27.2 Å². The predicted molar refractivity (Wildman–Crippen MR) is 99.9 cm³/mol. The van der Waals surface area contributed by atoms with Crippen LogP contribution >= 0.6 is 0 Å². The maximum absolute atomic E-state index is 9.12. The molecule has 0 aliphatic heterocycles. The molecule has 1 aromatic heterocycles. The fraction of sp³-hybridized carbons (Fsp3) is 0.421. The van der Waals surface area contributed by atoms with E-state index in [0.717, 1.165) is 18.4 Å². The average molecular weight is 356 g/mol. The van der Waals surface area contributed by atoms with Gasteiger partial charge in [-0.3, -0.25) is 0 Å². The van der Waals surface area contributed by atoms with Gasteiger partial charge in [0.05, 0.1) is 19.9 Å². The summed E-state index contributed by atoms with van der Waals surface area (Å²) in [5.74, 6) is 2.17. The molecule has 26 heavy (non-hydrogen) atoms. The van der Waals surface area contributed by atoms with E-state index in [1.807, 2.05) is 38.1 Å². The number of oxazole rings is 1. The van der Waals surface area contributed by atoms with E-state index in [2.05, 4.69) is 22.4 Å². The smallest absolute Gasteiger partial charge is 0.252 e. The number of ether oxygens (including phenoxy) is 2. The monoisotopic (exact) mass is 356 g/mol. The minimum Gasteiger partial charge on any atom is -0.493 e. The van der Waals surface area contributed by atoms with Gasteiger partial charge in [-0.05, 0) is 30.2 Å². The van der Waals surface area contributed by atoms with Gasteiger partial charge in [0.1, 0.15) is 6.07 Å². The van der Waals surface area contributed by atoms with E-state index in [1.165, 1.54) is 0 Å². The first kappa shape index (κ1) is 19.3. The van der Waals surface area contributed by atoms with Crippen molar-refractivity contribution >= 4 is 12.1 Å². The van der Waals surface area contributed by atoms with Gasteiger partial charge in [-0.25, -0.2) is 10.4 Å². The minimum atomic E-state index is 0.0890. The van der Waals surface area contributed by atoms with Crippen LogP contribution in [-0.4, -0.2) is 24.9 Å². The standard InChI is InChI=1S/C19H24N4O3/c1-5-6-9-25-16-8-7-14(10-17(16)24-4)12-21-23-19-15(11-20)22-18(26-19)13(2)3/h7-8,10,12-13,23H,5-6,9H2,1-4H3. The average Bonchev–Trinajstić information content (AvgIpc) is 3.06. The van der Waals surface area contributed by atoms with Crippen LogP contribution in [0.25, 0.3) is 0 Å². The molecule has 2 rings (SSSR count). The number of hydrazone groups is 1. The highest BCUT2D eigenvalue weighted by Gasteiger charge is 2.14. The van der Waals surface area contributed by atoms with Gasteiger partial charge >= 0.3 is 0 Å². The Balaban J connectivity index is 2.07. The quantitative estimate of drug-likeness (QED) is 0.409. The molecule has 0 spiro atoms. The lowest BCUT2D eigenvalue weighted by molar-refractivity contribution is 0.288. The second kappa shape index (κ2) is 9.47. The van der Waals surface area contributed by atoms with E-state index in [9.17, 15) is 0 Å². The number of unbranched alkanes of at least 4 members (excludes halogenated alkanes) is 1. The van der Waals surface area contributed by atoms with Crippen molar-refractivity contribution in [3.63, 3.8) is 0 Å². The van der Waals surface area contributed by atoms with Gasteiger partial charge in [0.2, 0.25) is 11.6 Å². The Labute approximate surface area is 153 Å². The van der Waals surface area contributed by atoms with E-state index in [1.54, 1.807) is 13.3 Å². The van der Waals surface area contributed by atoms with E-state index in [-0.39, 0.29) is 17.5 Å². The lowest BCUT2D eigenvalue weighted by Crippen LogP contribution is -1.99. The zero-order valence-electron chi connectivity index (χ0n) is 15.6. The molecule has 0 unspecified atom stereocenters. The van der Waals surface area contributed by atoms with Crippen LogP contribution in [0.15, 0.2) is 27.7 Å². The molecule has 0 fully saturated rings. The number of methoxy groups -OCH3 is 1. The Kier molecular flexibility index (Phi) is 7.03. The summed E-state index contributed by atoms with van der Waals surface area (Å²) in [7, 11) is 1.60. The number of aromatic nitrogens is 1. The number of hydrogen-bond acceptors (Lipinski definition) is 7.